The molecule has 0 heterocycles. The zero-order valence-electron chi connectivity index (χ0n) is 11.4. The van der Waals surface area contributed by atoms with Crippen molar-refractivity contribution >= 4 is 17.2 Å². The quantitative estimate of drug-likeness (QED) is 0.636. The first-order chi connectivity index (χ1) is 8.41. The van der Waals surface area contributed by atoms with E-state index < -0.39 is 0 Å². The summed E-state index contributed by atoms with van der Waals surface area (Å²) in [7, 11) is 0. The zero-order valence-corrected chi connectivity index (χ0v) is 12.3. The molecule has 0 aliphatic heterocycles. The van der Waals surface area contributed by atoms with Gasteiger partial charge in [0.15, 0.2) is 0 Å². The van der Waals surface area contributed by atoms with Crippen LogP contribution in [0.4, 0.5) is 0 Å². The molecule has 0 saturated heterocycles. The Morgan fingerprint density at radius 2 is 1.78 bits per heavy atom. The Kier molecular flexibility index (Phi) is 5.56. The minimum absolute atomic E-state index is 0.229. The maximum Gasteiger partial charge on any atom is 0.125 e. The van der Waals surface area contributed by atoms with E-state index in [0.717, 1.165) is 22.4 Å². The van der Waals surface area contributed by atoms with Crippen molar-refractivity contribution in [2.75, 3.05) is 13.2 Å². The minimum Gasteiger partial charge on any atom is -0.491 e. The van der Waals surface area contributed by atoms with Crippen LogP contribution in [0.2, 0.25) is 0 Å². The van der Waals surface area contributed by atoms with Crippen molar-refractivity contribution in [3.05, 3.63) is 28.8 Å². The van der Waals surface area contributed by atoms with Crippen LogP contribution in [0.15, 0.2) is 12.1 Å². The van der Waals surface area contributed by atoms with Crippen LogP contribution < -0.4 is 10.5 Å². The van der Waals surface area contributed by atoms with Crippen LogP contribution in [-0.2, 0) is 4.74 Å². The van der Waals surface area contributed by atoms with E-state index in [1.165, 1.54) is 0 Å². The standard InChI is InChI=1S/C14H21NO2S/c1-9(2)16-5-6-17-13-10(3)7-12(14(15)18)8-11(13)4/h7-9H,5-6H2,1-4H3,(H2,15,18). The molecule has 0 unspecified atom stereocenters. The number of ether oxygens (including phenoxy) is 2. The fourth-order valence-electron chi connectivity index (χ4n) is 1.75. The predicted molar refractivity (Wildman–Crippen MR) is 78.4 cm³/mol. The number of hydrogen-bond acceptors (Lipinski definition) is 3. The van der Waals surface area contributed by atoms with Crippen LogP contribution in [-0.4, -0.2) is 24.3 Å². The monoisotopic (exact) mass is 267 g/mol. The fourth-order valence-corrected chi connectivity index (χ4v) is 1.87. The Hall–Kier alpha value is -1.13. The molecule has 0 aliphatic carbocycles. The van der Waals surface area contributed by atoms with Crippen LogP contribution >= 0.6 is 12.2 Å². The van der Waals surface area contributed by atoms with Gasteiger partial charge >= 0.3 is 0 Å². The fraction of sp³-hybridized carbons (Fsp3) is 0.500. The first-order valence-electron chi connectivity index (χ1n) is 6.07. The number of nitrogens with two attached hydrogens (primary N) is 1. The normalized spacial score (nSPS) is 10.7. The van der Waals surface area contributed by atoms with E-state index in [1.807, 2.05) is 39.8 Å². The summed E-state index contributed by atoms with van der Waals surface area (Å²) in [6.07, 6.45) is 0.229. The molecule has 0 aromatic heterocycles. The van der Waals surface area contributed by atoms with Gasteiger partial charge in [0, 0.05) is 5.56 Å². The molecule has 4 heteroatoms. The average Bonchev–Trinajstić information content (AvgIpc) is 2.26. The Balaban J connectivity index is 2.69. The third-order valence-corrected chi connectivity index (χ3v) is 2.76. The molecule has 1 rings (SSSR count). The number of rotatable bonds is 6. The highest BCUT2D eigenvalue weighted by atomic mass is 32.1. The van der Waals surface area contributed by atoms with E-state index in [2.05, 4.69) is 0 Å². The van der Waals surface area contributed by atoms with Gasteiger partial charge < -0.3 is 15.2 Å². The van der Waals surface area contributed by atoms with Gasteiger partial charge in [0.1, 0.15) is 17.3 Å². The topological polar surface area (TPSA) is 44.5 Å². The zero-order chi connectivity index (χ0) is 13.7. The van der Waals surface area contributed by atoms with E-state index >= 15 is 0 Å². The summed E-state index contributed by atoms with van der Waals surface area (Å²) in [6.45, 7) is 9.14. The molecule has 1 aromatic carbocycles. The first kappa shape index (κ1) is 14.9. The van der Waals surface area contributed by atoms with Crippen LogP contribution in [0.1, 0.15) is 30.5 Å². The van der Waals surface area contributed by atoms with Crippen molar-refractivity contribution in [3.63, 3.8) is 0 Å². The smallest absolute Gasteiger partial charge is 0.125 e. The van der Waals surface area contributed by atoms with Gasteiger partial charge in [-0.05, 0) is 51.0 Å². The third kappa shape index (κ3) is 4.27. The van der Waals surface area contributed by atoms with Gasteiger partial charge in [-0.15, -0.1) is 0 Å². The molecule has 1 aromatic rings. The SMILES string of the molecule is Cc1cc(C(N)=S)cc(C)c1OCCOC(C)C. The highest BCUT2D eigenvalue weighted by molar-refractivity contribution is 7.80. The highest BCUT2D eigenvalue weighted by Gasteiger charge is 2.08. The molecule has 0 spiro atoms. The molecular weight excluding hydrogens is 246 g/mol. The second-order valence-electron chi connectivity index (χ2n) is 4.57. The second-order valence-corrected chi connectivity index (χ2v) is 5.01. The largest absolute Gasteiger partial charge is 0.491 e. The summed E-state index contributed by atoms with van der Waals surface area (Å²) in [4.78, 5) is 0.413. The van der Waals surface area contributed by atoms with Crippen molar-refractivity contribution in [1.82, 2.24) is 0 Å². The summed E-state index contributed by atoms with van der Waals surface area (Å²) < 4.78 is 11.2. The van der Waals surface area contributed by atoms with E-state index in [9.17, 15) is 0 Å². The summed E-state index contributed by atoms with van der Waals surface area (Å²) in [5.74, 6) is 0.891. The first-order valence-corrected chi connectivity index (χ1v) is 6.48. The molecule has 3 nitrogen and oxygen atoms in total. The van der Waals surface area contributed by atoms with Crippen molar-refractivity contribution in [2.45, 2.75) is 33.8 Å². The van der Waals surface area contributed by atoms with E-state index in [1.54, 1.807) is 0 Å². The lowest BCUT2D eigenvalue weighted by molar-refractivity contribution is 0.0550. The number of aryl methyl sites for hydroxylation is 2. The van der Waals surface area contributed by atoms with Crippen LogP contribution in [0.5, 0.6) is 5.75 Å². The number of thiocarbonyl (C=S) groups is 1. The van der Waals surface area contributed by atoms with Crippen molar-refractivity contribution in [1.29, 1.82) is 0 Å². The molecule has 0 aliphatic rings. The molecule has 0 atom stereocenters. The molecule has 100 valence electrons. The summed E-state index contributed by atoms with van der Waals surface area (Å²) in [6, 6.07) is 3.90. The number of benzene rings is 1. The second kappa shape index (κ2) is 6.71. The van der Waals surface area contributed by atoms with Crippen molar-refractivity contribution in [2.24, 2.45) is 5.73 Å². The molecule has 0 amide bonds. The summed E-state index contributed by atoms with van der Waals surface area (Å²) in [5, 5.41) is 0. The number of hydrogen-bond donors (Lipinski definition) is 1. The predicted octanol–water partition coefficient (Wildman–Crippen LogP) is 2.74. The van der Waals surface area contributed by atoms with Crippen LogP contribution in [0.3, 0.4) is 0 Å². The maximum atomic E-state index is 5.74. The van der Waals surface area contributed by atoms with E-state index in [-0.39, 0.29) is 6.10 Å². The molecular formula is C14H21NO2S. The molecule has 0 saturated carbocycles. The van der Waals surface area contributed by atoms with Gasteiger partial charge in [-0.25, -0.2) is 0 Å². The van der Waals surface area contributed by atoms with Crippen molar-refractivity contribution in [3.8, 4) is 5.75 Å². The Morgan fingerprint density at radius 1 is 1.22 bits per heavy atom. The lowest BCUT2D eigenvalue weighted by atomic mass is 10.1. The molecule has 0 bridgehead atoms. The highest BCUT2D eigenvalue weighted by Crippen LogP contribution is 2.24. The Labute approximate surface area is 114 Å². The molecule has 0 radical (unpaired) electrons. The summed E-state index contributed by atoms with van der Waals surface area (Å²) >= 11 is 4.98. The van der Waals surface area contributed by atoms with E-state index in [0.29, 0.717) is 18.2 Å². The van der Waals surface area contributed by atoms with Gasteiger partial charge in [0.25, 0.3) is 0 Å². The average molecular weight is 267 g/mol. The van der Waals surface area contributed by atoms with E-state index in [4.69, 9.17) is 27.4 Å². The lowest BCUT2D eigenvalue weighted by Gasteiger charge is -2.14. The summed E-state index contributed by atoms with van der Waals surface area (Å²) in [5.41, 5.74) is 8.60. The van der Waals surface area contributed by atoms with Gasteiger partial charge in [0.2, 0.25) is 0 Å². The van der Waals surface area contributed by atoms with Crippen LogP contribution in [0, 0.1) is 13.8 Å². The molecule has 2 N–H and O–H groups in total. The maximum absolute atomic E-state index is 5.74. The molecule has 18 heavy (non-hydrogen) atoms. The Morgan fingerprint density at radius 3 is 2.22 bits per heavy atom. The van der Waals surface area contributed by atoms with Gasteiger partial charge in [0.05, 0.1) is 12.7 Å². The molecule has 0 fully saturated rings. The minimum atomic E-state index is 0.229. The van der Waals surface area contributed by atoms with Gasteiger partial charge in [-0.2, -0.15) is 0 Å². The van der Waals surface area contributed by atoms with Crippen molar-refractivity contribution < 1.29 is 9.47 Å². The Bertz CT molecular complexity index is 407. The van der Waals surface area contributed by atoms with Gasteiger partial charge in [-0.3, -0.25) is 0 Å². The van der Waals surface area contributed by atoms with Crippen LogP contribution in [0.25, 0.3) is 0 Å². The lowest BCUT2D eigenvalue weighted by Crippen LogP contribution is -2.13. The van der Waals surface area contributed by atoms with Gasteiger partial charge in [-0.1, -0.05) is 12.2 Å². The third-order valence-electron chi connectivity index (χ3n) is 2.53.